The second-order valence-electron chi connectivity index (χ2n) is 3.95. The van der Waals surface area contributed by atoms with Crippen LogP contribution in [0, 0.1) is 0 Å². The molecule has 3 N–H and O–H groups in total. The Kier molecular flexibility index (Phi) is 4.08. The number of aromatic nitrogens is 5. The Morgan fingerprint density at radius 1 is 1.45 bits per heavy atom. The van der Waals surface area contributed by atoms with Crippen molar-refractivity contribution in [2.45, 2.75) is 6.92 Å². The van der Waals surface area contributed by atoms with Crippen molar-refractivity contribution in [3.63, 3.8) is 0 Å². The van der Waals surface area contributed by atoms with Crippen molar-refractivity contribution in [1.82, 2.24) is 29.8 Å². The Hall–Kier alpha value is -2.71. The lowest BCUT2D eigenvalue weighted by Crippen LogP contribution is -2.36. The van der Waals surface area contributed by atoms with Crippen LogP contribution in [0.3, 0.4) is 0 Å². The number of nitrogens with zero attached hydrogens (tertiary/aromatic N) is 6. The SMILES string of the molecule is CCN(CC(=O)NC)c1nc(N)nc(-n2ccnc2)n1. The molecule has 0 aliphatic rings. The number of carbonyl (C=O) groups is 1. The monoisotopic (exact) mass is 276 g/mol. The van der Waals surface area contributed by atoms with Gasteiger partial charge in [0.25, 0.3) is 0 Å². The fourth-order valence-electron chi connectivity index (χ4n) is 1.58. The first-order valence-corrected chi connectivity index (χ1v) is 6.09. The number of rotatable bonds is 5. The lowest BCUT2D eigenvalue weighted by atomic mass is 10.5. The fraction of sp³-hybridized carbons (Fsp3) is 0.364. The van der Waals surface area contributed by atoms with E-state index in [0.717, 1.165) is 0 Å². The minimum absolute atomic E-state index is 0.0917. The van der Waals surface area contributed by atoms with E-state index in [1.54, 1.807) is 35.2 Å². The van der Waals surface area contributed by atoms with Gasteiger partial charge in [-0.05, 0) is 6.92 Å². The van der Waals surface area contributed by atoms with Gasteiger partial charge in [0.05, 0.1) is 6.54 Å². The van der Waals surface area contributed by atoms with Gasteiger partial charge in [-0.25, -0.2) is 4.98 Å². The summed E-state index contributed by atoms with van der Waals surface area (Å²) < 4.78 is 1.62. The number of imidazole rings is 1. The summed E-state index contributed by atoms with van der Waals surface area (Å²) in [5.74, 6) is 0.678. The molecule has 0 aromatic carbocycles. The average Bonchev–Trinajstić information content (AvgIpc) is 2.97. The molecule has 0 spiro atoms. The van der Waals surface area contributed by atoms with Crippen LogP contribution < -0.4 is 16.0 Å². The third-order valence-corrected chi connectivity index (χ3v) is 2.64. The van der Waals surface area contributed by atoms with E-state index < -0.39 is 0 Å². The molecular weight excluding hydrogens is 260 g/mol. The molecule has 0 saturated heterocycles. The number of nitrogens with one attached hydrogen (secondary N) is 1. The lowest BCUT2D eigenvalue weighted by Gasteiger charge is -2.20. The molecule has 0 bridgehead atoms. The zero-order chi connectivity index (χ0) is 14.5. The van der Waals surface area contributed by atoms with E-state index in [1.807, 2.05) is 6.92 Å². The van der Waals surface area contributed by atoms with Crippen LogP contribution >= 0.6 is 0 Å². The number of carbonyl (C=O) groups excluding carboxylic acids is 1. The van der Waals surface area contributed by atoms with Crippen LogP contribution in [0.15, 0.2) is 18.7 Å². The molecule has 106 valence electrons. The van der Waals surface area contributed by atoms with Crippen LogP contribution in [-0.2, 0) is 4.79 Å². The summed E-state index contributed by atoms with van der Waals surface area (Å²) in [7, 11) is 1.58. The summed E-state index contributed by atoms with van der Waals surface area (Å²) in [5, 5.41) is 2.56. The maximum atomic E-state index is 11.5. The van der Waals surface area contributed by atoms with E-state index in [2.05, 4.69) is 25.3 Å². The highest BCUT2D eigenvalue weighted by molar-refractivity contribution is 5.80. The molecular formula is C11H16N8O. The Morgan fingerprint density at radius 3 is 2.85 bits per heavy atom. The summed E-state index contributed by atoms with van der Waals surface area (Å²) in [6, 6.07) is 0. The fourth-order valence-corrected chi connectivity index (χ4v) is 1.58. The molecule has 0 fully saturated rings. The highest BCUT2D eigenvalue weighted by Crippen LogP contribution is 2.11. The van der Waals surface area contributed by atoms with Gasteiger partial charge in [-0.15, -0.1) is 0 Å². The zero-order valence-corrected chi connectivity index (χ0v) is 11.3. The number of amides is 1. The van der Waals surface area contributed by atoms with Crippen LogP contribution in [0.5, 0.6) is 0 Å². The second kappa shape index (κ2) is 5.95. The standard InChI is InChI=1S/C11H16N8O/c1-3-18(6-8(20)13-2)10-15-9(12)16-11(17-10)19-5-4-14-7-19/h4-5,7H,3,6H2,1-2H3,(H,13,20)(H2,12,15,16,17). The molecule has 1 amide bonds. The van der Waals surface area contributed by atoms with E-state index in [-0.39, 0.29) is 18.4 Å². The summed E-state index contributed by atoms with van der Waals surface area (Å²) in [6.45, 7) is 2.62. The number of likely N-dealkylation sites (N-methyl/N-ethyl adjacent to an activating group) is 2. The number of anilines is 2. The molecule has 2 aromatic rings. The third kappa shape index (κ3) is 2.99. The highest BCUT2D eigenvalue weighted by Gasteiger charge is 2.14. The molecule has 9 nitrogen and oxygen atoms in total. The first-order valence-electron chi connectivity index (χ1n) is 6.09. The van der Waals surface area contributed by atoms with Crippen molar-refractivity contribution in [1.29, 1.82) is 0 Å². The summed E-state index contributed by atoms with van der Waals surface area (Å²) in [5.41, 5.74) is 5.70. The number of hydrogen-bond acceptors (Lipinski definition) is 7. The summed E-state index contributed by atoms with van der Waals surface area (Å²) >= 11 is 0. The van der Waals surface area contributed by atoms with Gasteiger partial charge in [0, 0.05) is 26.0 Å². The largest absolute Gasteiger partial charge is 0.368 e. The van der Waals surface area contributed by atoms with Crippen molar-refractivity contribution >= 4 is 17.8 Å². The van der Waals surface area contributed by atoms with E-state index in [9.17, 15) is 4.79 Å². The van der Waals surface area contributed by atoms with Crippen molar-refractivity contribution in [3.05, 3.63) is 18.7 Å². The Balaban J connectivity index is 2.33. The first kappa shape index (κ1) is 13.7. The molecule has 2 rings (SSSR count). The quantitative estimate of drug-likeness (QED) is 0.735. The maximum Gasteiger partial charge on any atom is 0.241 e. The highest BCUT2D eigenvalue weighted by atomic mass is 16.1. The number of nitrogen functional groups attached to an aromatic ring is 1. The van der Waals surface area contributed by atoms with Crippen LogP contribution in [0.25, 0.3) is 5.95 Å². The van der Waals surface area contributed by atoms with Gasteiger partial charge in [-0.2, -0.15) is 15.0 Å². The van der Waals surface area contributed by atoms with Gasteiger partial charge in [0.2, 0.25) is 23.8 Å². The molecule has 9 heteroatoms. The van der Waals surface area contributed by atoms with E-state index in [4.69, 9.17) is 5.73 Å². The summed E-state index contributed by atoms with van der Waals surface area (Å²) in [4.78, 5) is 29.5. The number of hydrogen-bond donors (Lipinski definition) is 2. The molecule has 0 saturated carbocycles. The Bertz CT molecular complexity index is 582. The Morgan fingerprint density at radius 2 is 2.25 bits per heavy atom. The van der Waals surface area contributed by atoms with Crippen LogP contribution in [0.2, 0.25) is 0 Å². The third-order valence-electron chi connectivity index (χ3n) is 2.64. The molecule has 2 aromatic heterocycles. The molecule has 0 aliphatic heterocycles. The normalized spacial score (nSPS) is 10.3. The number of nitrogens with two attached hydrogens (primary N) is 1. The minimum atomic E-state index is -0.130. The van der Waals surface area contributed by atoms with Gasteiger partial charge < -0.3 is 16.0 Å². The van der Waals surface area contributed by atoms with Gasteiger partial charge in [-0.3, -0.25) is 9.36 Å². The predicted octanol–water partition coefficient (Wildman–Crippen LogP) is -0.788. The van der Waals surface area contributed by atoms with Gasteiger partial charge in [0.15, 0.2) is 0 Å². The smallest absolute Gasteiger partial charge is 0.241 e. The van der Waals surface area contributed by atoms with Crippen LogP contribution in [-0.4, -0.2) is 50.5 Å². The predicted molar refractivity (Wildman–Crippen MR) is 73.3 cm³/mol. The summed E-state index contributed by atoms with van der Waals surface area (Å²) in [6.07, 6.45) is 4.88. The average molecular weight is 276 g/mol. The molecule has 0 unspecified atom stereocenters. The van der Waals surface area contributed by atoms with Crippen molar-refractivity contribution in [2.75, 3.05) is 30.8 Å². The first-order chi connectivity index (χ1) is 9.63. The maximum absolute atomic E-state index is 11.5. The van der Waals surface area contributed by atoms with Crippen LogP contribution in [0.1, 0.15) is 6.92 Å². The Labute approximate surface area is 115 Å². The molecule has 20 heavy (non-hydrogen) atoms. The van der Waals surface area contributed by atoms with Crippen LogP contribution in [0.4, 0.5) is 11.9 Å². The topological polar surface area (TPSA) is 115 Å². The second-order valence-corrected chi connectivity index (χ2v) is 3.95. The van der Waals surface area contributed by atoms with Crippen molar-refractivity contribution < 1.29 is 4.79 Å². The van der Waals surface area contributed by atoms with Crippen molar-refractivity contribution in [3.8, 4) is 5.95 Å². The lowest BCUT2D eigenvalue weighted by molar-refractivity contribution is -0.119. The minimum Gasteiger partial charge on any atom is -0.368 e. The van der Waals surface area contributed by atoms with Crippen molar-refractivity contribution in [2.24, 2.45) is 0 Å². The van der Waals surface area contributed by atoms with E-state index >= 15 is 0 Å². The van der Waals surface area contributed by atoms with Gasteiger partial charge in [0.1, 0.15) is 6.33 Å². The zero-order valence-electron chi connectivity index (χ0n) is 11.3. The van der Waals surface area contributed by atoms with E-state index in [1.165, 1.54) is 0 Å². The van der Waals surface area contributed by atoms with Gasteiger partial charge >= 0.3 is 0 Å². The molecule has 0 aliphatic carbocycles. The van der Waals surface area contributed by atoms with Gasteiger partial charge in [-0.1, -0.05) is 0 Å². The van der Waals surface area contributed by atoms with E-state index in [0.29, 0.717) is 18.4 Å². The molecule has 2 heterocycles. The molecule has 0 atom stereocenters. The molecule has 0 radical (unpaired) electrons.